The van der Waals surface area contributed by atoms with Crippen molar-refractivity contribution in [3.63, 3.8) is 0 Å². The molecule has 0 saturated carbocycles. The van der Waals surface area contributed by atoms with Crippen molar-refractivity contribution in [3.8, 4) is 11.1 Å². The van der Waals surface area contributed by atoms with E-state index in [-0.39, 0.29) is 11.8 Å². The number of hydrogen-bond acceptors (Lipinski definition) is 5. The van der Waals surface area contributed by atoms with E-state index in [2.05, 4.69) is 23.3 Å². The second-order valence-electron chi connectivity index (χ2n) is 10.9. The first-order chi connectivity index (χ1) is 18.5. The number of nitrogens with two attached hydrogens (primary N) is 1. The lowest BCUT2D eigenvalue weighted by Crippen LogP contribution is -2.38. The first-order valence-electron chi connectivity index (χ1n) is 13.4. The Morgan fingerprint density at radius 1 is 1.08 bits per heavy atom. The van der Waals surface area contributed by atoms with Gasteiger partial charge in [0.25, 0.3) is 0 Å². The molecular formula is C30H36N4O4S. The van der Waals surface area contributed by atoms with Gasteiger partial charge < -0.3 is 16.0 Å². The zero-order valence-corrected chi connectivity index (χ0v) is 23.6. The molecule has 1 unspecified atom stereocenters. The van der Waals surface area contributed by atoms with Crippen molar-refractivity contribution in [2.24, 2.45) is 11.7 Å². The monoisotopic (exact) mass is 548 g/mol. The first-order valence-corrected chi connectivity index (χ1v) is 15.3. The molecule has 2 aromatic rings. The zero-order valence-electron chi connectivity index (χ0n) is 22.8. The molecule has 8 nitrogen and oxygen atoms in total. The predicted molar refractivity (Wildman–Crippen MR) is 155 cm³/mol. The predicted octanol–water partition coefficient (Wildman–Crippen LogP) is 3.57. The smallest absolute Gasteiger partial charge is 0.249 e. The largest absolute Gasteiger partial charge is 0.366 e. The van der Waals surface area contributed by atoms with Crippen molar-refractivity contribution in [3.05, 3.63) is 69.8 Å². The third-order valence-corrected chi connectivity index (χ3v) is 9.51. The van der Waals surface area contributed by atoms with Crippen molar-refractivity contribution < 1.29 is 18.0 Å². The van der Waals surface area contributed by atoms with Gasteiger partial charge >= 0.3 is 0 Å². The Kier molecular flexibility index (Phi) is 7.50. The van der Waals surface area contributed by atoms with Crippen molar-refractivity contribution in [2.45, 2.75) is 32.6 Å². The standard InChI is InChI=1S/C30H36N4O4S/c1-19-23(7-4-8-28(19)32-30(36)21-6-5-13-33(2)18-21)24-9-10-25(29(31)35)27-17-22(16-26(24)27)20-11-14-34(15-12-20)39(3,37)38/h4,7-11,16,21H,5-6,12-15,17-18H2,1-3H3,(H2,31,35)(H,32,36). The molecule has 0 aromatic heterocycles. The summed E-state index contributed by atoms with van der Waals surface area (Å²) in [6.45, 7) is 4.57. The lowest BCUT2D eigenvalue weighted by Gasteiger charge is -2.29. The molecule has 1 fully saturated rings. The van der Waals surface area contributed by atoms with E-state index in [0.717, 1.165) is 70.6 Å². The summed E-state index contributed by atoms with van der Waals surface area (Å²) in [7, 11) is -1.19. The average Bonchev–Trinajstić information content (AvgIpc) is 3.34. The third kappa shape index (κ3) is 5.57. The fraction of sp³-hybridized carbons (Fsp3) is 0.400. The van der Waals surface area contributed by atoms with Crippen LogP contribution in [-0.2, 0) is 21.2 Å². The number of nitrogens with one attached hydrogen (secondary N) is 1. The van der Waals surface area contributed by atoms with Crippen LogP contribution in [0.2, 0.25) is 0 Å². The van der Waals surface area contributed by atoms with Crippen LogP contribution in [0.25, 0.3) is 17.2 Å². The quantitative estimate of drug-likeness (QED) is 0.573. The molecular weight excluding hydrogens is 512 g/mol. The Morgan fingerprint density at radius 2 is 1.87 bits per heavy atom. The van der Waals surface area contributed by atoms with Gasteiger partial charge in [0.05, 0.1) is 12.2 Å². The van der Waals surface area contributed by atoms with Gasteiger partial charge in [-0.05, 0) is 97.3 Å². The highest BCUT2D eigenvalue weighted by atomic mass is 32.2. The molecule has 2 amide bonds. The maximum atomic E-state index is 13.1. The van der Waals surface area contributed by atoms with Crippen LogP contribution in [0.3, 0.4) is 0 Å². The second kappa shape index (κ2) is 10.7. The van der Waals surface area contributed by atoms with Crippen molar-refractivity contribution >= 4 is 33.6 Å². The van der Waals surface area contributed by atoms with Crippen LogP contribution >= 0.6 is 0 Å². The molecule has 2 aliphatic heterocycles. The lowest BCUT2D eigenvalue weighted by molar-refractivity contribution is -0.121. The van der Waals surface area contributed by atoms with Gasteiger partial charge in [0, 0.05) is 30.9 Å². The lowest BCUT2D eigenvalue weighted by atomic mass is 9.90. The molecule has 0 radical (unpaired) electrons. The van der Waals surface area contributed by atoms with Crippen LogP contribution in [0.4, 0.5) is 5.69 Å². The molecule has 3 N–H and O–H groups in total. The summed E-state index contributed by atoms with van der Waals surface area (Å²) < 4.78 is 25.4. The first kappa shape index (κ1) is 27.3. The number of carbonyl (C=O) groups excluding carboxylic acids is 2. The number of rotatable bonds is 6. The summed E-state index contributed by atoms with van der Waals surface area (Å²) in [6.07, 6.45) is 8.40. The molecule has 0 spiro atoms. The van der Waals surface area contributed by atoms with Gasteiger partial charge in [-0.2, -0.15) is 4.31 Å². The number of fused-ring (bicyclic) bond motifs is 1. The number of sulfonamides is 1. The van der Waals surface area contributed by atoms with Gasteiger partial charge in [0.1, 0.15) is 0 Å². The second-order valence-corrected chi connectivity index (χ2v) is 12.9. The normalized spacial score (nSPS) is 20.2. The van der Waals surface area contributed by atoms with Crippen LogP contribution in [0.1, 0.15) is 46.3 Å². The summed E-state index contributed by atoms with van der Waals surface area (Å²) >= 11 is 0. The SMILES string of the molecule is Cc1c(NC(=O)C2CCCN(C)C2)cccc1-c1ccc(C(N)=O)c2c1C=C(C1=CCN(S(C)(=O)=O)CC1)C2. The maximum Gasteiger partial charge on any atom is 0.249 e. The van der Waals surface area contributed by atoms with Gasteiger partial charge in [0.2, 0.25) is 21.8 Å². The number of anilines is 1. The van der Waals surface area contributed by atoms with E-state index < -0.39 is 15.9 Å². The summed E-state index contributed by atoms with van der Waals surface area (Å²) in [5.41, 5.74) is 14.0. The number of amides is 2. The minimum atomic E-state index is -3.24. The minimum Gasteiger partial charge on any atom is -0.366 e. The van der Waals surface area contributed by atoms with Crippen molar-refractivity contribution in [2.75, 3.05) is 44.8 Å². The topological polar surface area (TPSA) is 113 Å². The molecule has 1 saturated heterocycles. The van der Waals surface area contributed by atoms with E-state index in [4.69, 9.17) is 5.73 Å². The Labute approximate surface area is 230 Å². The van der Waals surface area contributed by atoms with Crippen molar-refractivity contribution in [1.29, 1.82) is 0 Å². The van der Waals surface area contributed by atoms with E-state index in [0.29, 0.717) is 31.5 Å². The van der Waals surface area contributed by atoms with Gasteiger partial charge in [-0.1, -0.05) is 30.4 Å². The van der Waals surface area contributed by atoms with Crippen LogP contribution in [0.5, 0.6) is 0 Å². The molecule has 1 aliphatic carbocycles. The number of primary amides is 1. The Hall–Kier alpha value is -3.27. The highest BCUT2D eigenvalue weighted by molar-refractivity contribution is 7.88. The van der Waals surface area contributed by atoms with Crippen LogP contribution in [-0.4, -0.2) is 68.9 Å². The summed E-state index contributed by atoms with van der Waals surface area (Å²) in [6, 6.07) is 9.64. The number of piperidine rings is 1. The molecule has 3 aliphatic rings. The summed E-state index contributed by atoms with van der Waals surface area (Å²) in [5, 5.41) is 3.17. The Bertz CT molecular complexity index is 1510. The number of hydrogen-bond donors (Lipinski definition) is 2. The van der Waals surface area contributed by atoms with E-state index in [9.17, 15) is 18.0 Å². The van der Waals surface area contributed by atoms with Gasteiger partial charge in [-0.3, -0.25) is 9.59 Å². The Morgan fingerprint density at radius 3 is 2.54 bits per heavy atom. The molecule has 2 aromatic carbocycles. The van der Waals surface area contributed by atoms with E-state index in [1.165, 1.54) is 10.6 Å². The number of allylic oxidation sites excluding steroid dienone is 1. The van der Waals surface area contributed by atoms with Gasteiger partial charge in [-0.15, -0.1) is 0 Å². The third-order valence-electron chi connectivity index (χ3n) is 8.24. The average molecular weight is 549 g/mol. The van der Waals surface area contributed by atoms with Gasteiger partial charge in [0.15, 0.2) is 0 Å². The summed E-state index contributed by atoms with van der Waals surface area (Å²) in [5.74, 6) is -0.451. The Balaban J connectivity index is 1.48. The van der Waals surface area contributed by atoms with E-state index >= 15 is 0 Å². The number of nitrogens with zero attached hydrogens (tertiary/aromatic N) is 2. The maximum absolute atomic E-state index is 13.1. The van der Waals surface area contributed by atoms with Crippen LogP contribution < -0.4 is 11.1 Å². The highest BCUT2D eigenvalue weighted by Crippen LogP contribution is 2.41. The highest BCUT2D eigenvalue weighted by Gasteiger charge is 2.28. The van der Waals surface area contributed by atoms with Crippen LogP contribution in [0, 0.1) is 12.8 Å². The van der Waals surface area contributed by atoms with Gasteiger partial charge in [-0.25, -0.2) is 8.42 Å². The fourth-order valence-electron chi connectivity index (χ4n) is 6.03. The fourth-order valence-corrected chi connectivity index (χ4v) is 6.80. The summed E-state index contributed by atoms with van der Waals surface area (Å²) in [4.78, 5) is 27.6. The van der Waals surface area contributed by atoms with Crippen molar-refractivity contribution in [1.82, 2.24) is 9.21 Å². The minimum absolute atomic E-state index is 0.0289. The number of benzene rings is 2. The molecule has 1 atom stereocenters. The molecule has 0 bridgehead atoms. The zero-order chi connectivity index (χ0) is 27.9. The number of likely N-dealkylation sites (tertiary alicyclic amines) is 1. The molecule has 39 heavy (non-hydrogen) atoms. The molecule has 206 valence electrons. The van der Waals surface area contributed by atoms with Crippen LogP contribution in [0.15, 0.2) is 47.6 Å². The van der Waals surface area contributed by atoms with E-state index in [1.54, 1.807) is 6.07 Å². The van der Waals surface area contributed by atoms with E-state index in [1.807, 2.05) is 37.3 Å². The number of carbonyl (C=O) groups is 2. The molecule has 5 rings (SSSR count). The molecule has 9 heteroatoms. The molecule has 2 heterocycles.